The average molecular weight is 112 g/mol. The van der Waals surface area contributed by atoms with E-state index in [0.717, 1.165) is 11.8 Å². The molecule has 2 fully saturated rings. The molecule has 2 atom stereocenters. The molecular formula is C7H14N+. The Morgan fingerprint density at radius 1 is 1.00 bits per heavy atom. The lowest BCUT2D eigenvalue weighted by Gasteiger charge is -1.98. The van der Waals surface area contributed by atoms with E-state index in [9.17, 15) is 0 Å². The lowest BCUT2D eigenvalue weighted by atomic mass is 10.0. The fraction of sp³-hybridized carbons (Fsp3) is 1.00. The molecule has 1 saturated heterocycles. The number of hydrogen-bond donors (Lipinski definition) is 1. The third-order valence-electron chi connectivity index (χ3n) is 2.76. The molecule has 1 aliphatic heterocycles. The molecule has 2 rings (SSSR count). The van der Waals surface area contributed by atoms with Gasteiger partial charge in [-0.3, -0.25) is 0 Å². The van der Waals surface area contributed by atoms with Gasteiger partial charge in [0.1, 0.15) is 0 Å². The Morgan fingerprint density at radius 2 is 1.62 bits per heavy atom. The normalized spacial score (nSPS) is 45.0. The van der Waals surface area contributed by atoms with Crippen LogP contribution < -0.4 is 5.32 Å². The Morgan fingerprint density at radius 3 is 2.25 bits per heavy atom. The lowest BCUT2D eigenvalue weighted by molar-refractivity contribution is -0.640. The van der Waals surface area contributed by atoms with Crippen molar-refractivity contribution in [1.82, 2.24) is 0 Å². The van der Waals surface area contributed by atoms with Gasteiger partial charge in [0, 0.05) is 11.8 Å². The maximum Gasteiger partial charge on any atom is 0.0788 e. The summed E-state index contributed by atoms with van der Waals surface area (Å²) in [4.78, 5) is 0. The summed E-state index contributed by atoms with van der Waals surface area (Å²) in [6.07, 6.45) is 4.57. The molecule has 0 spiro atoms. The standard InChI is InChI=1S/C7H13N/c1-2-6-4-8-5-7(6)3-1/h6-8H,1-5H2/p+1. The molecule has 8 heavy (non-hydrogen) atoms. The third-order valence-corrected chi connectivity index (χ3v) is 2.76. The van der Waals surface area contributed by atoms with E-state index in [0.29, 0.717) is 0 Å². The Kier molecular flexibility index (Phi) is 1.04. The monoisotopic (exact) mass is 112 g/mol. The van der Waals surface area contributed by atoms with Gasteiger partial charge in [0.05, 0.1) is 13.1 Å². The topological polar surface area (TPSA) is 16.6 Å². The molecule has 1 heterocycles. The predicted molar refractivity (Wildman–Crippen MR) is 32.5 cm³/mol. The summed E-state index contributed by atoms with van der Waals surface area (Å²) < 4.78 is 0. The van der Waals surface area contributed by atoms with Crippen molar-refractivity contribution < 1.29 is 5.32 Å². The second-order valence-electron chi connectivity index (χ2n) is 3.21. The minimum atomic E-state index is 1.12. The van der Waals surface area contributed by atoms with Crippen molar-refractivity contribution in [3.8, 4) is 0 Å². The van der Waals surface area contributed by atoms with Crippen molar-refractivity contribution in [2.75, 3.05) is 13.1 Å². The first-order chi connectivity index (χ1) is 3.97. The molecule has 1 nitrogen and oxygen atoms in total. The first-order valence-corrected chi connectivity index (χ1v) is 3.78. The molecule has 0 radical (unpaired) electrons. The smallest absolute Gasteiger partial charge is 0.0788 e. The first-order valence-electron chi connectivity index (χ1n) is 3.78. The molecular weight excluding hydrogens is 98.1 g/mol. The zero-order chi connectivity index (χ0) is 5.40. The number of hydrogen-bond acceptors (Lipinski definition) is 0. The molecule has 46 valence electrons. The van der Waals surface area contributed by atoms with Crippen LogP contribution in [0.3, 0.4) is 0 Å². The molecule has 2 unspecified atom stereocenters. The largest absolute Gasteiger partial charge is 0.346 e. The molecule has 0 aromatic heterocycles. The number of fused-ring (bicyclic) bond motifs is 1. The summed E-state index contributed by atoms with van der Waals surface area (Å²) in [5.41, 5.74) is 0. The Hall–Kier alpha value is -0.0400. The zero-order valence-corrected chi connectivity index (χ0v) is 5.27. The van der Waals surface area contributed by atoms with Crippen LogP contribution >= 0.6 is 0 Å². The van der Waals surface area contributed by atoms with Crippen LogP contribution in [-0.2, 0) is 0 Å². The van der Waals surface area contributed by atoms with E-state index in [4.69, 9.17) is 0 Å². The second kappa shape index (κ2) is 1.73. The van der Waals surface area contributed by atoms with E-state index in [-0.39, 0.29) is 0 Å². The average Bonchev–Trinajstić information content (AvgIpc) is 2.15. The van der Waals surface area contributed by atoms with E-state index in [1.54, 1.807) is 0 Å². The van der Waals surface area contributed by atoms with Crippen molar-refractivity contribution in [2.24, 2.45) is 11.8 Å². The maximum atomic E-state index is 2.48. The number of quaternary nitrogens is 1. The van der Waals surface area contributed by atoms with Crippen LogP contribution in [0.5, 0.6) is 0 Å². The summed E-state index contributed by atoms with van der Waals surface area (Å²) in [5.74, 6) is 2.24. The van der Waals surface area contributed by atoms with Crippen molar-refractivity contribution in [3.05, 3.63) is 0 Å². The molecule has 0 amide bonds. The van der Waals surface area contributed by atoms with Gasteiger partial charge < -0.3 is 5.32 Å². The van der Waals surface area contributed by atoms with Crippen LogP contribution in [0.2, 0.25) is 0 Å². The SMILES string of the molecule is C1CC2C[NH2+]CC2C1. The number of rotatable bonds is 0. The van der Waals surface area contributed by atoms with Gasteiger partial charge in [-0.15, -0.1) is 0 Å². The molecule has 1 saturated carbocycles. The molecule has 2 N–H and O–H groups in total. The molecule has 0 aromatic carbocycles. The summed E-state index contributed by atoms with van der Waals surface area (Å²) in [6, 6.07) is 0. The van der Waals surface area contributed by atoms with Gasteiger partial charge in [0.15, 0.2) is 0 Å². The van der Waals surface area contributed by atoms with Crippen LogP contribution in [-0.4, -0.2) is 13.1 Å². The van der Waals surface area contributed by atoms with E-state index in [1.807, 2.05) is 0 Å². The molecule has 0 bridgehead atoms. The number of nitrogens with two attached hydrogens (primary N) is 1. The van der Waals surface area contributed by atoms with E-state index in [2.05, 4.69) is 5.32 Å². The fourth-order valence-electron chi connectivity index (χ4n) is 2.26. The van der Waals surface area contributed by atoms with Crippen molar-refractivity contribution in [1.29, 1.82) is 0 Å². The highest BCUT2D eigenvalue weighted by molar-refractivity contribution is 4.78. The highest BCUT2D eigenvalue weighted by atomic mass is 14.9. The van der Waals surface area contributed by atoms with Gasteiger partial charge in [-0.1, -0.05) is 6.42 Å². The maximum absolute atomic E-state index is 2.48. The van der Waals surface area contributed by atoms with Crippen molar-refractivity contribution in [3.63, 3.8) is 0 Å². The summed E-state index contributed by atoms with van der Waals surface area (Å²) in [7, 11) is 0. The van der Waals surface area contributed by atoms with Crippen LogP contribution in [0.15, 0.2) is 0 Å². The fourth-order valence-corrected chi connectivity index (χ4v) is 2.26. The van der Waals surface area contributed by atoms with Gasteiger partial charge in [-0.25, -0.2) is 0 Å². The second-order valence-corrected chi connectivity index (χ2v) is 3.21. The van der Waals surface area contributed by atoms with E-state index in [1.165, 1.54) is 32.4 Å². The van der Waals surface area contributed by atoms with E-state index < -0.39 is 0 Å². The highest BCUT2D eigenvalue weighted by Gasteiger charge is 2.34. The Bertz CT molecular complexity index is 70.4. The zero-order valence-electron chi connectivity index (χ0n) is 5.27. The lowest BCUT2D eigenvalue weighted by Crippen LogP contribution is -2.81. The highest BCUT2D eigenvalue weighted by Crippen LogP contribution is 2.31. The minimum Gasteiger partial charge on any atom is -0.346 e. The van der Waals surface area contributed by atoms with Crippen LogP contribution in [0.25, 0.3) is 0 Å². The van der Waals surface area contributed by atoms with Crippen molar-refractivity contribution in [2.45, 2.75) is 19.3 Å². The quantitative estimate of drug-likeness (QED) is 0.453. The van der Waals surface area contributed by atoms with Gasteiger partial charge >= 0.3 is 0 Å². The molecule has 2 aliphatic rings. The van der Waals surface area contributed by atoms with Gasteiger partial charge in [-0.2, -0.15) is 0 Å². The Balaban J connectivity index is 2.04. The summed E-state index contributed by atoms with van der Waals surface area (Å²) >= 11 is 0. The molecule has 1 heteroatoms. The van der Waals surface area contributed by atoms with Crippen LogP contribution in [0.4, 0.5) is 0 Å². The summed E-state index contributed by atoms with van der Waals surface area (Å²) in [6.45, 7) is 2.87. The van der Waals surface area contributed by atoms with Crippen molar-refractivity contribution >= 4 is 0 Å². The first kappa shape index (κ1) is 4.80. The van der Waals surface area contributed by atoms with Gasteiger partial charge in [0.2, 0.25) is 0 Å². The van der Waals surface area contributed by atoms with Gasteiger partial charge in [0.25, 0.3) is 0 Å². The van der Waals surface area contributed by atoms with Gasteiger partial charge in [-0.05, 0) is 12.8 Å². The van der Waals surface area contributed by atoms with Crippen LogP contribution in [0, 0.1) is 11.8 Å². The van der Waals surface area contributed by atoms with E-state index >= 15 is 0 Å². The summed E-state index contributed by atoms with van der Waals surface area (Å²) in [5, 5.41) is 2.48. The third kappa shape index (κ3) is 0.576. The molecule has 1 aliphatic carbocycles. The minimum absolute atomic E-state index is 1.12. The Labute approximate surface area is 50.5 Å². The predicted octanol–water partition coefficient (Wildman–Crippen LogP) is -0.0203. The van der Waals surface area contributed by atoms with Crippen LogP contribution in [0.1, 0.15) is 19.3 Å². The molecule has 0 aromatic rings.